The van der Waals surface area contributed by atoms with E-state index in [1.54, 1.807) is 30.5 Å². The van der Waals surface area contributed by atoms with Crippen LogP contribution in [0, 0.1) is 0 Å². The molecule has 0 aliphatic heterocycles. The SMILES string of the molecule is COc1ccc(NS(=O)(=O)c2ccc(OCC(=O)NCc3ccccn3)cc2)cc1Cl. The number of halogens is 1. The number of sulfonamides is 1. The quantitative estimate of drug-likeness (QED) is 0.506. The second-order valence-corrected chi connectivity index (χ2v) is 8.40. The number of benzene rings is 2. The molecule has 0 bridgehead atoms. The molecule has 0 saturated carbocycles. The summed E-state index contributed by atoms with van der Waals surface area (Å²) < 4.78 is 38.0. The molecule has 3 aromatic rings. The molecule has 0 aliphatic carbocycles. The lowest BCUT2D eigenvalue weighted by Gasteiger charge is -2.11. The molecule has 3 rings (SSSR count). The summed E-state index contributed by atoms with van der Waals surface area (Å²) in [6, 6.07) is 15.7. The fourth-order valence-corrected chi connectivity index (χ4v) is 3.86. The Balaban J connectivity index is 1.55. The van der Waals surface area contributed by atoms with Crippen LogP contribution >= 0.6 is 11.6 Å². The third kappa shape index (κ3) is 6.34. The van der Waals surface area contributed by atoms with Crippen LogP contribution in [0.1, 0.15) is 5.69 Å². The van der Waals surface area contributed by atoms with Crippen LogP contribution in [0.3, 0.4) is 0 Å². The highest BCUT2D eigenvalue weighted by atomic mass is 35.5. The van der Waals surface area contributed by atoms with Gasteiger partial charge < -0.3 is 14.8 Å². The smallest absolute Gasteiger partial charge is 0.261 e. The van der Waals surface area contributed by atoms with E-state index in [0.717, 1.165) is 5.69 Å². The fourth-order valence-electron chi connectivity index (χ4n) is 2.55. The Bertz CT molecular complexity index is 1140. The Morgan fingerprint density at radius 1 is 1.10 bits per heavy atom. The number of carbonyl (C=O) groups excluding carboxylic acids is 1. The van der Waals surface area contributed by atoms with E-state index >= 15 is 0 Å². The van der Waals surface area contributed by atoms with E-state index in [2.05, 4.69) is 15.0 Å². The van der Waals surface area contributed by atoms with Crippen molar-refractivity contribution in [2.24, 2.45) is 0 Å². The van der Waals surface area contributed by atoms with Crippen molar-refractivity contribution in [2.75, 3.05) is 18.4 Å². The molecule has 0 spiro atoms. The first-order valence-corrected chi connectivity index (χ1v) is 11.0. The van der Waals surface area contributed by atoms with Crippen LogP contribution in [0.15, 0.2) is 71.8 Å². The number of hydrogen-bond donors (Lipinski definition) is 2. The Hall–Kier alpha value is -3.30. The van der Waals surface area contributed by atoms with Crippen LogP contribution < -0.4 is 19.5 Å². The van der Waals surface area contributed by atoms with Crippen molar-refractivity contribution in [1.29, 1.82) is 0 Å². The average Bonchev–Trinajstić information content (AvgIpc) is 2.77. The summed E-state index contributed by atoms with van der Waals surface area (Å²) in [5.74, 6) is 0.481. The highest BCUT2D eigenvalue weighted by Gasteiger charge is 2.15. The van der Waals surface area contributed by atoms with E-state index in [-0.39, 0.29) is 22.4 Å². The first-order chi connectivity index (χ1) is 14.9. The molecule has 10 heteroatoms. The predicted octanol–water partition coefficient (Wildman–Crippen LogP) is 3.24. The Morgan fingerprint density at radius 2 is 1.87 bits per heavy atom. The van der Waals surface area contributed by atoms with E-state index in [4.69, 9.17) is 21.1 Å². The lowest BCUT2D eigenvalue weighted by Crippen LogP contribution is -2.28. The Kier molecular flexibility index (Phi) is 7.32. The van der Waals surface area contributed by atoms with Gasteiger partial charge in [0.05, 0.1) is 35.0 Å². The van der Waals surface area contributed by atoms with Gasteiger partial charge in [-0.15, -0.1) is 0 Å². The van der Waals surface area contributed by atoms with Gasteiger partial charge in [-0.05, 0) is 54.6 Å². The summed E-state index contributed by atoms with van der Waals surface area (Å²) in [7, 11) is -2.36. The fraction of sp³-hybridized carbons (Fsp3) is 0.143. The first kappa shape index (κ1) is 22.4. The lowest BCUT2D eigenvalue weighted by atomic mass is 10.3. The third-order valence-corrected chi connectivity index (χ3v) is 5.79. The van der Waals surface area contributed by atoms with Gasteiger partial charge in [0.1, 0.15) is 11.5 Å². The largest absolute Gasteiger partial charge is 0.495 e. The third-order valence-electron chi connectivity index (χ3n) is 4.10. The van der Waals surface area contributed by atoms with Gasteiger partial charge in [0.25, 0.3) is 15.9 Å². The summed E-state index contributed by atoms with van der Waals surface area (Å²) in [6.07, 6.45) is 1.64. The van der Waals surface area contributed by atoms with Gasteiger partial charge in [0.2, 0.25) is 0 Å². The zero-order chi connectivity index (χ0) is 22.3. The van der Waals surface area contributed by atoms with Gasteiger partial charge in [-0.2, -0.15) is 0 Å². The van der Waals surface area contributed by atoms with Gasteiger partial charge in [-0.25, -0.2) is 8.42 Å². The molecule has 0 unspecified atom stereocenters. The van der Waals surface area contributed by atoms with E-state index in [9.17, 15) is 13.2 Å². The van der Waals surface area contributed by atoms with E-state index in [1.165, 1.54) is 37.4 Å². The van der Waals surface area contributed by atoms with Crippen molar-refractivity contribution >= 4 is 33.2 Å². The van der Waals surface area contributed by atoms with E-state index < -0.39 is 10.0 Å². The van der Waals surface area contributed by atoms with Crippen LogP contribution in [0.4, 0.5) is 5.69 Å². The van der Waals surface area contributed by atoms with Crippen molar-refractivity contribution in [1.82, 2.24) is 10.3 Å². The maximum atomic E-state index is 12.6. The number of carbonyl (C=O) groups is 1. The highest BCUT2D eigenvalue weighted by molar-refractivity contribution is 7.92. The second kappa shape index (κ2) is 10.1. The molecular formula is C21H20ClN3O5S. The number of rotatable bonds is 9. The van der Waals surface area contributed by atoms with Crippen molar-refractivity contribution < 1.29 is 22.7 Å². The summed E-state index contributed by atoms with van der Waals surface area (Å²) >= 11 is 6.03. The van der Waals surface area contributed by atoms with Crippen molar-refractivity contribution in [3.05, 3.63) is 77.6 Å². The topological polar surface area (TPSA) is 107 Å². The summed E-state index contributed by atoms with van der Waals surface area (Å²) in [5.41, 5.74) is 1.03. The number of amides is 1. The van der Waals surface area contributed by atoms with Crippen LogP contribution in [0.5, 0.6) is 11.5 Å². The highest BCUT2D eigenvalue weighted by Crippen LogP contribution is 2.28. The van der Waals surface area contributed by atoms with Crippen molar-refractivity contribution in [3.63, 3.8) is 0 Å². The normalized spacial score (nSPS) is 10.9. The van der Waals surface area contributed by atoms with Crippen LogP contribution in [-0.2, 0) is 21.4 Å². The van der Waals surface area contributed by atoms with Crippen LogP contribution in [-0.4, -0.2) is 33.0 Å². The number of aromatic nitrogens is 1. The molecule has 31 heavy (non-hydrogen) atoms. The van der Waals surface area contributed by atoms with Crippen LogP contribution in [0.25, 0.3) is 0 Å². The van der Waals surface area contributed by atoms with Gasteiger partial charge in [-0.1, -0.05) is 17.7 Å². The number of pyridine rings is 1. The number of nitrogens with zero attached hydrogens (tertiary/aromatic N) is 1. The van der Waals surface area contributed by atoms with E-state index in [1.807, 2.05) is 6.07 Å². The number of anilines is 1. The molecule has 1 heterocycles. The monoisotopic (exact) mass is 461 g/mol. The summed E-state index contributed by atoms with van der Waals surface area (Å²) in [4.78, 5) is 16.0. The van der Waals surface area contributed by atoms with Crippen LogP contribution in [0.2, 0.25) is 5.02 Å². The first-order valence-electron chi connectivity index (χ1n) is 9.13. The molecule has 0 fully saturated rings. The number of methoxy groups -OCH3 is 1. The van der Waals surface area contributed by atoms with Gasteiger partial charge in [0, 0.05) is 6.20 Å². The van der Waals surface area contributed by atoms with Crippen molar-refractivity contribution in [2.45, 2.75) is 11.4 Å². The molecule has 0 saturated heterocycles. The maximum Gasteiger partial charge on any atom is 0.261 e. The molecule has 0 atom stereocenters. The zero-order valence-corrected chi connectivity index (χ0v) is 18.1. The number of nitrogens with one attached hydrogen (secondary N) is 2. The maximum absolute atomic E-state index is 12.6. The molecule has 0 aliphatic rings. The second-order valence-electron chi connectivity index (χ2n) is 6.31. The summed E-state index contributed by atoms with van der Waals surface area (Å²) in [5, 5.41) is 2.98. The number of hydrogen-bond acceptors (Lipinski definition) is 6. The molecule has 8 nitrogen and oxygen atoms in total. The molecule has 1 amide bonds. The van der Waals surface area contributed by atoms with Gasteiger partial charge >= 0.3 is 0 Å². The van der Waals surface area contributed by atoms with E-state index in [0.29, 0.717) is 23.7 Å². The molecule has 0 radical (unpaired) electrons. The molecule has 2 aromatic carbocycles. The predicted molar refractivity (Wildman–Crippen MR) is 117 cm³/mol. The molecule has 2 N–H and O–H groups in total. The number of ether oxygens (including phenoxy) is 2. The Labute approximate surface area is 185 Å². The summed E-state index contributed by atoms with van der Waals surface area (Å²) in [6.45, 7) is 0.0861. The molecule has 1 aromatic heterocycles. The minimum Gasteiger partial charge on any atom is -0.495 e. The average molecular weight is 462 g/mol. The lowest BCUT2D eigenvalue weighted by molar-refractivity contribution is -0.123. The minimum atomic E-state index is -3.83. The molecular weight excluding hydrogens is 442 g/mol. The van der Waals surface area contributed by atoms with Crippen molar-refractivity contribution in [3.8, 4) is 11.5 Å². The standard InChI is InChI=1S/C21H20ClN3O5S/c1-29-20-10-5-15(12-19(20)22)25-31(27,28)18-8-6-17(7-9-18)30-14-21(26)24-13-16-4-2-3-11-23-16/h2-12,25H,13-14H2,1H3,(H,24,26). The van der Waals surface area contributed by atoms with Gasteiger partial charge in [-0.3, -0.25) is 14.5 Å². The Morgan fingerprint density at radius 3 is 2.52 bits per heavy atom. The van der Waals surface area contributed by atoms with Gasteiger partial charge in [0.15, 0.2) is 6.61 Å². The molecule has 162 valence electrons. The zero-order valence-electron chi connectivity index (χ0n) is 16.5. The minimum absolute atomic E-state index is 0.0337.